The van der Waals surface area contributed by atoms with Crippen LogP contribution in [0.3, 0.4) is 0 Å². The van der Waals surface area contributed by atoms with Crippen LogP contribution in [0.5, 0.6) is 0 Å². The number of imidazole rings is 1. The quantitative estimate of drug-likeness (QED) is 0.707. The van der Waals surface area contributed by atoms with Gasteiger partial charge in [0.05, 0.1) is 29.8 Å². The number of nitrogens with zero attached hydrogens (tertiary/aromatic N) is 5. The van der Waals surface area contributed by atoms with Gasteiger partial charge in [0.1, 0.15) is 6.54 Å². The minimum Gasteiger partial charge on any atom is -0.465 e. The van der Waals surface area contributed by atoms with E-state index in [1.54, 1.807) is 22.8 Å². The van der Waals surface area contributed by atoms with Crippen molar-refractivity contribution < 1.29 is 14.2 Å². The number of fused-ring (bicyclic) bond motifs is 1. The lowest BCUT2D eigenvalue weighted by Crippen LogP contribution is -2.02. The summed E-state index contributed by atoms with van der Waals surface area (Å²) >= 11 is 0. The summed E-state index contributed by atoms with van der Waals surface area (Å²) < 4.78 is 10.9. The molecule has 0 unspecified atom stereocenters. The lowest BCUT2D eigenvalue weighted by atomic mass is 10.2. The zero-order valence-corrected chi connectivity index (χ0v) is 11.5. The number of rotatable bonds is 3. The molecule has 0 aliphatic carbocycles. The fourth-order valence-electron chi connectivity index (χ4n) is 2.14. The van der Waals surface area contributed by atoms with Crippen LogP contribution in [-0.4, -0.2) is 32.9 Å². The molecule has 0 amide bonds. The van der Waals surface area contributed by atoms with Crippen molar-refractivity contribution in [3.8, 4) is 17.6 Å². The summed E-state index contributed by atoms with van der Waals surface area (Å²) in [7, 11) is 1.30. The molecular weight excluding hydrogens is 288 g/mol. The Morgan fingerprint density at radius 2 is 2.32 bits per heavy atom. The van der Waals surface area contributed by atoms with E-state index in [0.717, 1.165) is 0 Å². The van der Waals surface area contributed by atoms with E-state index >= 15 is 0 Å². The molecule has 9 nitrogen and oxygen atoms in total. The lowest BCUT2D eigenvalue weighted by Gasteiger charge is -2.02. The number of nitriles is 1. The highest BCUT2D eigenvalue weighted by atomic mass is 16.6. The first-order valence-electron chi connectivity index (χ1n) is 6.19. The van der Waals surface area contributed by atoms with Gasteiger partial charge in [0.25, 0.3) is 0 Å². The summed E-state index contributed by atoms with van der Waals surface area (Å²) in [6.45, 7) is 0.0374. The number of nitrogens with two attached hydrogens (primary N) is 1. The largest absolute Gasteiger partial charge is 0.465 e. The molecule has 0 aliphatic heterocycles. The number of carbonyl (C=O) groups excluding carboxylic acids is 1. The molecule has 0 atom stereocenters. The number of anilines is 1. The first kappa shape index (κ1) is 13.6. The van der Waals surface area contributed by atoms with Crippen LogP contribution in [0.4, 0.5) is 5.82 Å². The van der Waals surface area contributed by atoms with Gasteiger partial charge in [-0.1, -0.05) is 0 Å². The summed E-state index contributed by atoms with van der Waals surface area (Å²) in [5.74, 6) is -0.0547. The second-order valence-corrected chi connectivity index (χ2v) is 4.37. The Kier molecular flexibility index (Phi) is 3.19. The van der Waals surface area contributed by atoms with Crippen molar-refractivity contribution in [2.75, 3.05) is 12.8 Å². The third-order valence-corrected chi connectivity index (χ3v) is 3.12. The Balaban J connectivity index is 2.24. The molecule has 2 heterocycles. The molecule has 22 heavy (non-hydrogen) atoms. The molecule has 0 aliphatic rings. The number of aromatic nitrogens is 4. The summed E-state index contributed by atoms with van der Waals surface area (Å²) in [6.07, 6.45) is 0. The molecule has 0 saturated heterocycles. The van der Waals surface area contributed by atoms with E-state index in [2.05, 4.69) is 24.7 Å². The molecule has 0 spiro atoms. The zero-order valence-electron chi connectivity index (χ0n) is 11.5. The molecular formula is C13H10N6O3. The number of nitrogen functional groups attached to an aromatic ring is 1. The molecule has 0 radical (unpaired) electrons. The molecule has 110 valence electrons. The molecule has 0 fully saturated rings. The van der Waals surface area contributed by atoms with E-state index in [0.29, 0.717) is 22.4 Å². The third-order valence-electron chi connectivity index (χ3n) is 3.12. The lowest BCUT2D eigenvalue weighted by molar-refractivity contribution is 0.0601. The van der Waals surface area contributed by atoms with Crippen LogP contribution in [-0.2, 0) is 11.3 Å². The summed E-state index contributed by atoms with van der Waals surface area (Å²) in [6, 6.07) is 6.89. The second kappa shape index (κ2) is 5.17. The SMILES string of the molecule is COC(=O)c1ccc2c(c1)nc(-c1nonc1N)n2CC#N. The van der Waals surface area contributed by atoms with Crippen LogP contribution in [0, 0.1) is 11.3 Å². The van der Waals surface area contributed by atoms with Crippen molar-refractivity contribution in [1.29, 1.82) is 5.26 Å². The van der Waals surface area contributed by atoms with Crippen molar-refractivity contribution in [3.63, 3.8) is 0 Å². The number of methoxy groups -OCH3 is 1. The van der Waals surface area contributed by atoms with E-state index in [1.807, 2.05) is 6.07 Å². The molecule has 1 aromatic carbocycles. The van der Waals surface area contributed by atoms with Gasteiger partial charge < -0.3 is 15.0 Å². The summed E-state index contributed by atoms with van der Waals surface area (Å²) in [5, 5.41) is 16.2. The maximum Gasteiger partial charge on any atom is 0.337 e. The number of carbonyl (C=O) groups is 1. The molecule has 9 heteroatoms. The minimum absolute atomic E-state index is 0.0374. The standard InChI is InChI=1S/C13H10N6O3/c1-21-13(20)7-2-3-9-8(6-7)16-12(19(9)5-4-14)10-11(15)18-22-17-10/h2-3,6H,5H2,1H3,(H2,15,18). The Morgan fingerprint density at radius 3 is 2.95 bits per heavy atom. The highest BCUT2D eigenvalue weighted by Crippen LogP contribution is 2.27. The predicted octanol–water partition coefficient (Wildman–Crippen LogP) is 0.979. The van der Waals surface area contributed by atoms with Gasteiger partial charge in [0.15, 0.2) is 17.3 Å². The average molecular weight is 298 g/mol. The summed E-state index contributed by atoms with van der Waals surface area (Å²) in [5.41, 5.74) is 7.45. The van der Waals surface area contributed by atoms with Crippen LogP contribution in [0.2, 0.25) is 0 Å². The van der Waals surface area contributed by atoms with Gasteiger partial charge in [0.2, 0.25) is 0 Å². The number of hydrogen-bond acceptors (Lipinski definition) is 8. The van der Waals surface area contributed by atoms with E-state index in [-0.39, 0.29) is 18.1 Å². The van der Waals surface area contributed by atoms with Crippen LogP contribution < -0.4 is 5.73 Å². The molecule has 2 N–H and O–H groups in total. The topological polar surface area (TPSA) is 133 Å². The maximum atomic E-state index is 11.6. The fraction of sp³-hybridized carbons (Fsp3) is 0.154. The predicted molar refractivity (Wildman–Crippen MR) is 74.4 cm³/mol. The van der Waals surface area contributed by atoms with Crippen molar-refractivity contribution in [1.82, 2.24) is 19.9 Å². The van der Waals surface area contributed by atoms with Crippen LogP contribution in [0.25, 0.3) is 22.6 Å². The van der Waals surface area contributed by atoms with Crippen molar-refractivity contribution in [3.05, 3.63) is 23.8 Å². The molecule has 3 aromatic rings. The Morgan fingerprint density at radius 1 is 1.50 bits per heavy atom. The fourth-order valence-corrected chi connectivity index (χ4v) is 2.14. The van der Waals surface area contributed by atoms with Gasteiger partial charge in [0, 0.05) is 0 Å². The van der Waals surface area contributed by atoms with Crippen LogP contribution in [0.1, 0.15) is 10.4 Å². The third kappa shape index (κ3) is 2.03. The van der Waals surface area contributed by atoms with Crippen LogP contribution >= 0.6 is 0 Å². The first-order valence-corrected chi connectivity index (χ1v) is 6.19. The van der Waals surface area contributed by atoms with E-state index < -0.39 is 5.97 Å². The second-order valence-electron chi connectivity index (χ2n) is 4.37. The maximum absolute atomic E-state index is 11.6. The van der Waals surface area contributed by atoms with Gasteiger partial charge in [-0.05, 0) is 28.5 Å². The highest BCUT2D eigenvalue weighted by molar-refractivity contribution is 5.94. The normalized spacial score (nSPS) is 10.5. The Labute approximate surface area is 123 Å². The number of esters is 1. The monoisotopic (exact) mass is 298 g/mol. The van der Waals surface area contributed by atoms with Crippen molar-refractivity contribution in [2.24, 2.45) is 0 Å². The smallest absolute Gasteiger partial charge is 0.337 e. The zero-order chi connectivity index (χ0) is 15.7. The van der Waals surface area contributed by atoms with Gasteiger partial charge in [-0.3, -0.25) is 0 Å². The Hall–Kier alpha value is -3.41. The Bertz CT molecular complexity index is 904. The van der Waals surface area contributed by atoms with Gasteiger partial charge in [-0.25, -0.2) is 14.4 Å². The average Bonchev–Trinajstić information content (AvgIpc) is 3.10. The molecule has 0 saturated carbocycles. The highest BCUT2D eigenvalue weighted by Gasteiger charge is 2.20. The van der Waals surface area contributed by atoms with Crippen LogP contribution in [0.15, 0.2) is 22.8 Å². The summed E-state index contributed by atoms with van der Waals surface area (Å²) in [4.78, 5) is 16.0. The van der Waals surface area contributed by atoms with E-state index in [1.165, 1.54) is 7.11 Å². The van der Waals surface area contributed by atoms with Crippen molar-refractivity contribution >= 4 is 22.8 Å². The molecule has 2 aromatic heterocycles. The van der Waals surface area contributed by atoms with E-state index in [9.17, 15) is 4.79 Å². The van der Waals surface area contributed by atoms with Crippen molar-refractivity contribution in [2.45, 2.75) is 6.54 Å². The number of ether oxygens (including phenoxy) is 1. The minimum atomic E-state index is -0.471. The molecule has 3 rings (SSSR count). The van der Waals surface area contributed by atoms with Gasteiger partial charge >= 0.3 is 5.97 Å². The van der Waals surface area contributed by atoms with Gasteiger partial charge in [-0.2, -0.15) is 5.26 Å². The van der Waals surface area contributed by atoms with E-state index in [4.69, 9.17) is 11.0 Å². The number of benzene rings is 1. The molecule has 0 bridgehead atoms. The first-order chi connectivity index (χ1) is 10.7. The van der Waals surface area contributed by atoms with Gasteiger partial charge in [-0.15, -0.1) is 0 Å². The number of hydrogen-bond donors (Lipinski definition) is 1.